The van der Waals surface area contributed by atoms with E-state index >= 15 is 0 Å². The van der Waals surface area contributed by atoms with Gasteiger partial charge in [-0.1, -0.05) is 12.1 Å². The van der Waals surface area contributed by atoms with Crippen LogP contribution in [0.1, 0.15) is 6.92 Å². The molecule has 0 N–H and O–H groups in total. The average molecular weight is 364 g/mol. The lowest BCUT2D eigenvalue weighted by atomic mass is 10.2. The minimum atomic E-state index is -0.593. The third-order valence-corrected chi connectivity index (χ3v) is 5.09. The molecule has 1 aromatic rings. The highest BCUT2D eigenvalue weighted by molar-refractivity contribution is 8.00. The van der Waals surface area contributed by atoms with Gasteiger partial charge >= 0.3 is 5.97 Å². The minimum absolute atomic E-state index is 0.0200. The molecule has 1 fully saturated rings. The molecule has 2 aliphatic heterocycles. The summed E-state index contributed by atoms with van der Waals surface area (Å²) in [6, 6.07) is 7.42. The van der Waals surface area contributed by atoms with Crippen molar-refractivity contribution in [2.45, 2.75) is 17.9 Å². The number of carbonyl (C=O) groups is 3. The summed E-state index contributed by atoms with van der Waals surface area (Å²) in [4.78, 5) is 40.3. The van der Waals surface area contributed by atoms with E-state index in [1.54, 1.807) is 11.0 Å². The molecule has 2 heterocycles. The molecule has 25 heavy (non-hydrogen) atoms. The molecule has 2 amide bonds. The van der Waals surface area contributed by atoms with E-state index in [0.717, 1.165) is 4.90 Å². The fourth-order valence-electron chi connectivity index (χ4n) is 2.78. The first-order chi connectivity index (χ1) is 12.0. The lowest BCUT2D eigenvalue weighted by Crippen LogP contribution is -2.46. The molecule has 1 aromatic carbocycles. The number of morpholine rings is 1. The molecule has 3 rings (SSSR count). The van der Waals surface area contributed by atoms with Crippen LogP contribution in [-0.2, 0) is 23.9 Å². The van der Waals surface area contributed by atoms with Gasteiger partial charge in [0.25, 0.3) is 5.91 Å². The summed E-state index contributed by atoms with van der Waals surface area (Å²) in [6.07, 6.45) is -0.0200. The van der Waals surface area contributed by atoms with Crippen molar-refractivity contribution in [2.75, 3.05) is 43.5 Å². The Hall–Kier alpha value is -2.06. The first-order valence-electron chi connectivity index (χ1n) is 8.12. The van der Waals surface area contributed by atoms with Crippen molar-refractivity contribution < 1.29 is 23.9 Å². The first kappa shape index (κ1) is 17.8. The number of ether oxygens (including phenoxy) is 2. The summed E-state index contributed by atoms with van der Waals surface area (Å²) in [5.41, 5.74) is 0.703. The zero-order chi connectivity index (χ0) is 17.8. The fraction of sp³-hybridized carbons (Fsp3) is 0.471. The molecule has 0 spiro atoms. The number of rotatable bonds is 4. The maximum atomic E-state index is 12.1. The van der Waals surface area contributed by atoms with Crippen molar-refractivity contribution in [3.63, 3.8) is 0 Å². The second-order valence-corrected chi connectivity index (χ2v) is 6.94. The highest BCUT2D eigenvalue weighted by atomic mass is 32.2. The van der Waals surface area contributed by atoms with Crippen molar-refractivity contribution in [1.29, 1.82) is 0 Å². The molecule has 0 saturated carbocycles. The molecule has 134 valence electrons. The van der Waals surface area contributed by atoms with Crippen molar-refractivity contribution >= 4 is 35.2 Å². The van der Waals surface area contributed by atoms with Crippen LogP contribution in [0.5, 0.6) is 0 Å². The molecule has 2 aliphatic rings. The van der Waals surface area contributed by atoms with Gasteiger partial charge in [-0.2, -0.15) is 0 Å². The number of anilines is 1. The molecule has 0 aromatic heterocycles. The van der Waals surface area contributed by atoms with Gasteiger partial charge < -0.3 is 14.4 Å². The summed E-state index contributed by atoms with van der Waals surface area (Å²) < 4.78 is 10.5. The van der Waals surface area contributed by atoms with Crippen LogP contribution in [0.15, 0.2) is 29.2 Å². The van der Waals surface area contributed by atoms with Gasteiger partial charge in [0.15, 0.2) is 6.61 Å². The maximum absolute atomic E-state index is 12.1. The zero-order valence-electron chi connectivity index (χ0n) is 14.0. The van der Waals surface area contributed by atoms with Crippen LogP contribution in [0.4, 0.5) is 5.69 Å². The normalized spacial score (nSPS) is 20.2. The number of benzene rings is 1. The summed E-state index contributed by atoms with van der Waals surface area (Å²) >= 11 is 1.45. The number of fused-ring (bicyclic) bond motifs is 1. The standard InChI is InChI=1S/C17H20N2O5S/c1-12-8-18(6-7-23-12)15(20)10-24-17(22)9-19-13-4-2-3-5-14(13)25-11-16(19)21/h2-5,12H,6-11H2,1H3. The predicted molar refractivity (Wildman–Crippen MR) is 92.5 cm³/mol. The van der Waals surface area contributed by atoms with Crippen LogP contribution < -0.4 is 4.90 Å². The number of hydrogen-bond donors (Lipinski definition) is 0. The summed E-state index contributed by atoms with van der Waals surface area (Å²) in [6.45, 7) is 2.86. The number of nitrogens with zero attached hydrogens (tertiary/aromatic N) is 2. The largest absolute Gasteiger partial charge is 0.454 e. The van der Waals surface area contributed by atoms with Gasteiger partial charge in [-0.15, -0.1) is 11.8 Å². The Morgan fingerprint density at radius 2 is 2.16 bits per heavy atom. The van der Waals surface area contributed by atoms with Crippen LogP contribution in [-0.4, -0.2) is 67.4 Å². The average Bonchev–Trinajstić information content (AvgIpc) is 2.62. The second kappa shape index (κ2) is 7.88. The molecule has 0 bridgehead atoms. The van der Waals surface area contributed by atoms with E-state index in [1.165, 1.54) is 16.7 Å². The monoisotopic (exact) mass is 364 g/mol. The lowest BCUT2D eigenvalue weighted by molar-refractivity contribution is -0.154. The first-order valence-corrected chi connectivity index (χ1v) is 9.10. The van der Waals surface area contributed by atoms with Crippen LogP contribution >= 0.6 is 11.8 Å². The number of amides is 2. The quantitative estimate of drug-likeness (QED) is 0.740. The lowest BCUT2D eigenvalue weighted by Gasteiger charge is -2.31. The fourth-order valence-corrected chi connectivity index (χ4v) is 3.72. The topological polar surface area (TPSA) is 76.2 Å². The molecular formula is C17H20N2O5S. The van der Waals surface area contributed by atoms with Gasteiger partial charge in [0.05, 0.1) is 24.2 Å². The van der Waals surface area contributed by atoms with Gasteiger partial charge in [0.1, 0.15) is 6.54 Å². The highest BCUT2D eigenvalue weighted by Crippen LogP contribution is 2.34. The van der Waals surface area contributed by atoms with Crippen LogP contribution in [0.25, 0.3) is 0 Å². The smallest absolute Gasteiger partial charge is 0.326 e. The van der Waals surface area contributed by atoms with Gasteiger partial charge in [-0.3, -0.25) is 19.3 Å². The number of esters is 1. The van der Waals surface area contributed by atoms with Gasteiger partial charge in [0, 0.05) is 18.0 Å². The number of hydrogen-bond acceptors (Lipinski definition) is 6. The zero-order valence-corrected chi connectivity index (χ0v) is 14.8. The molecule has 0 aliphatic carbocycles. The Morgan fingerprint density at radius 3 is 2.96 bits per heavy atom. The van der Waals surface area contributed by atoms with Crippen LogP contribution in [0.3, 0.4) is 0 Å². The minimum Gasteiger partial charge on any atom is -0.454 e. The van der Waals surface area contributed by atoms with Gasteiger partial charge in [0.2, 0.25) is 5.91 Å². The Morgan fingerprint density at radius 1 is 1.36 bits per heavy atom. The molecule has 0 radical (unpaired) electrons. The van der Waals surface area contributed by atoms with Crippen LogP contribution in [0, 0.1) is 0 Å². The Balaban J connectivity index is 1.54. The molecular weight excluding hydrogens is 344 g/mol. The maximum Gasteiger partial charge on any atom is 0.326 e. The summed E-state index contributed by atoms with van der Waals surface area (Å²) in [5.74, 6) is -0.697. The third-order valence-electron chi connectivity index (χ3n) is 4.05. The SMILES string of the molecule is CC1CN(C(=O)COC(=O)CN2C(=O)CSc3ccccc32)CCO1. The predicted octanol–water partition coefficient (Wildman–Crippen LogP) is 0.916. The number of carbonyl (C=O) groups excluding carboxylic acids is 3. The molecule has 1 atom stereocenters. The molecule has 1 saturated heterocycles. The van der Waals surface area contributed by atoms with E-state index in [4.69, 9.17) is 9.47 Å². The van der Waals surface area contributed by atoms with Gasteiger partial charge in [-0.05, 0) is 19.1 Å². The number of thioether (sulfide) groups is 1. The van der Waals surface area contributed by atoms with E-state index in [1.807, 2.05) is 25.1 Å². The molecule has 7 nitrogen and oxygen atoms in total. The number of para-hydroxylation sites is 1. The molecule has 1 unspecified atom stereocenters. The van der Waals surface area contributed by atoms with E-state index < -0.39 is 5.97 Å². The highest BCUT2D eigenvalue weighted by Gasteiger charge is 2.27. The van der Waals surface area contributed by atoms with Crippen molar-refractivity contribution in [3.8, 4) is 0 Å². The van der Waals surface area contributed by atoms with Gasteiger partial charge in [-0.25, -0.2) is 0 Å². The van der Waals surface area contributed by atoms with Crippen molar-refractivity contribution in [1.82, 2.24) is 4.90 Å². The second-order valence-electron chi connectivity index (χ2n) is 5.92. The Labute approximate surface area is 150 Å². The van der Waals surface area contributed by atoms with Crippen molar-refractivity contribution in [2.24, 2.45) is 0 Å². The van der Waals surface area contributed by atoms with E-state index in [-0.39, 0.29) is 36.8 Å². The van der Waals surface area contributed by atoms with E-state index in [2.05, 4.69) is 0 Å². The summed E-state index contributed by atoms with van der Waals surface area (Å²) in [5, 5.41) is 0. The third kappa shape index (κ3) is 4.32. The Bertz CT molecular complexity index is 681. The van der Waals surface area contributed by atoms with E-state index in [9.17, 15) is 14.4 Å². The molecule has 8 heteroatoms. The van der Waals surface area contributed by atoms with Crippen molar-refractivity contribution in [3.05, 3.63) is 24.3 Å². The van der Waals surface area contributed by atoms with E-state index in [0.29, 0.717) is 25.4 Å². The Kier molecular flexibility index (Phi) is 5.60. The van der Waals surface area contributed by atoms with Crippen LogP contribution in [0.2, 0.25) is 0 Å². The summed E-state index contributed by atoms with van der Waals surface area (Å²) in [7, 11) is 0.